The summed E-state index contributed by atoms with van der Waals surface area (Å²) in [5, 5.41) is 21.4. The van der Waals surface area contributed by atoms with Crippen LogP contribution < -0.4 is 5.32 Å². The van der Waals surface area contributed by atoms with Gasteiger partial charge in [0.25, 0.3) is 0 Å². The van der Waals surface area contributed by atoms with Gasteiger partial charge in [0.15, 0.2) is 0 Å². The Morgan fingerprint density at radius 1 is 1.12 bits per heavy atom. The molecule has 0 saturated heterocycles. The molecule has 0 bridgehead atoms. The Bertz CT molecular complexity index is 351. The van der Waals surface area contributed by atoms with Gasteiger partial charge in [0.2, 0.25) is 0 Å². The van der Waals surface area contributed by atoms with E-state index >= 15 is 0 Å². The summed E-state index contributed by atoms with van der Waals surface area (Å²) in [7, 11) is 0. The number of nitrogens with zero attached hydrogens (tertiary/aromatic N) is 1. The summed E-state index contributed by atoms with van der Waals surface area (Å²) >= 11 is 0. The van der Waals surface area contributed by atoms with Gasteiger partial charge in [-0.25, -0.2) is 4.98 Å². The molecule has 0 aromatic carbocycles. The molecule has 1 heterocycles. The molecule has 0 unspecified atom stereocenters. The van der Waals surface area contributed by atoms with Gasteiger partial charge in [0, 0.05) is 6.20 Å². The number of aromatic nitrogens is 1. The van der Waals surface area contributed by atoms with Crippen LogP contribution in [0.4, 0.5) is 5.82 Å². The molecule has 0 saturated carbocycles. The molecular formula is C13H22N2O2. The minimum Gasteiger partial charge on any atom is -0.394 e. The molecule has 0 amide bonds. The number of anilines is 1. The Kier molecular flexibility index (Phi) is 4.11. The summed E-state index contributed by atoms with van der Waals surface area (Å²) < 4.78 is 0. The second-order valence-corrected chi connectivity index (χ2v) is 5.68. The molecule has 4 heteroatoms. The molecule has 0 radical (unpaired) electrons. The lowest BCUT2D eigenvalue weighted by atomic mass is 9.88. The first-order chi connectivity index (χ1) is 7.80. The highest BCUT2D eigenvalue weighted by molar-refractivity contribution is 5.39. The third-order valence-corrected chi connectivity index (χ3v) is 2.76. The maximum Gasteiger partial charge on any atom is 0.126 e. The minimum atomic E-state index is -0.740. The van der Waals surface area contributed by atoms with E-state index in [-0.39, 0.29) is 18.6 Å². The van der Waals surface area contributed by atoms with Crippen molar-refractivity contribution in [1.29, 1.82) is 0 Å². The Labute approximate surface area is 103 Å². The van der Waals surface area contributed by atoms with E-state index in [1.54, 1.807) is 6.92 Å². The molecule has 0 atom stereocenters. The fourth-order valence-electron chi connectivity index (χ4n) is 1.35. The summed E-state index contributed by atoms with van der Waals surface area (Å²) in [4.78, 5) is 4.29. The van der Waals surface area contributed by atoms with Crippen LogP contribution in [0.3, 0.4) is 0 Å². The van der Waals surface area contributed by atoms with Gasteiger partial charge in [-0.1, -0.05) is 26.8 Å². The first kappa shape index (κ1) is 13.9. The molecule has 4 nitrogen and oxygen atoms in total. The number of aliphatic hydroxyl groups excluding tert-OH is 2. The second kappa shape index (κ2) is 5.02. The average Bonchev–Trinajstić information content (AvgIpc) is 2.28. The number of hydrogen-bond acceptors (Lipinski definition) is 4. The normalized spacial score (nSPS) is 12.6. The van der Waals surface area contributed by atoms with E-state index in [0.717, 1.165) is 5.56 Å². The smallest absolute Gasteiger partial charge is 0.126 e. The van der Waals surface area contributed by atoms with Crippen molar-refractivity contribution in [3.63, 3.8) is 0 Å². The molecule has 0 spiro atoms. The third kappa shape index (κ3) is 3.68. The summed E-state index contributed by atoms with van der Waals surface area (Å²) in [5.74, 6) is 0.656. The van der Waals surface area contributed by atoms with Gasteiger partial charge in [-0.05, 0) is 24.0 Å². The summed E-state index contributed by atoms with van der Waals surface area (Å²) in [6.45, 7) is 7.83. The summed E-state index contributed by atoms with van der Waals surface area (Å²) in [5.41, 5.74) is 0.483. The lowest BCUT2D eigenvalue weighted by Gasteiger charge is -2.27. The van der Waals surface area contributed by atoms with Gasteiger partial charge in [-0.3, -0.25) is 0 Å². The predicted octanol–water partition coefficient (Wildman–Crippen LogP) is 1.53. The molecule has 1 aromatic heterocycles. The Morgan fingerprint density at radius 2 is 1.71 bits per heavy atom. The van der Waals surface area contributed by atoms with Gasteiger partial charge in [-0.2, -0.15) is 0 Å². The highest BCUT2D eigenvalue weighted by Gasteiger charge is 2.22. The first-order valence-electron chi connectivity index (χ1n) is 5.77. The molecule has 0 aliphatic rings. The topological polar surface area (TPSA) is 65.4 Å². The van der Waals surface area contributed by atoms with Crippen molar-refractivity contribution in [2.24, 2.45) is 0 Å². The van der Waals surface area contributed by atoms with Crippen LogP contribution in [0.1, 0.15) is 33.3 Å². The van der Waals surface area contributed by atoms with Crippen molar-refractivity contribution in [3.05, 3.63) is 23.9 Å². The maximum atomic E-state index is 9.18. The Hall–Kier alpha value is -1.13. The molecule has 0 aliphatic heterocycles. The number of hydrogen-bond donors (Lipinski definition) is 3. The minimum absolute atomic E-state index is 0.0722. The molecule has 1 aromatic rings. The lowest BCUT2D eigenvalue weighted by Crippen LogP contribution is -2.42. The molecule has 0 fully saturated rings. The SMILES string of the molecule is CC(CO)(CO)Nc1ccc(C(C)(C)C)cn1. The van der Waals surface area contributed by atoms with E-state index in [0.29, 0.717) is 5.82 Å². The van der Waals surface area contributed by atoms with Gasteiger partial charge in [0.05, 0.1) is 18.8 Å². The zero-order valence-electron chi connectivity index (χ0n) is 11.0. The highest BCUT2D eigenvalue weighted by Crippen LogP contribution is 2.22. The molecule has 17 heavy (non-hydrogen) atoms. The second-order valence-electron chi connectivity index (χ2n) is 5.68. The quantitative estimate of drug-likeness (QED) is 0.744. The maximum absolute atomic E-state index is 9.18. The van der Waals surface area contributed by atoms with Crippen molar-refractivity contribution < 1.29 is 10.2 Å². The zero-order chi connectivity index (χ0) is 13.1. The monoisotopic (exact) mass is 238 g/mol. The van der Waals surface area contributed by atoms with Crippen molar-refractivity contribution >= 4 is 5.82 Å². The Morgan fingerprint density at radius 3 is 2.06 bits per heavy atom. The van der Waals surface area contributed by atoms with Crippen LogP contribution >= 0.6 is 0 Å². The first-order valence-corrected chi connectivity index (χ1v) is 5.77. The third-order valence-electron chi connectivity index (χ3n) is 2.76. The molecule has 0 aliphatic carbocycles. The Balaban J connectivity index is 2.82. The predicted molar refractivity (Wildman–Crippen MR) is 69.1 cm³/mol. The number of rotatable bonds is 4. The fraction of sp³-hybridized carbons (Fsp3) is 0.615. The van der Waals surface area contributed by atoms with E-state index < -0.39 is 5.54 Å². The zero-order valence-corrected chi connectivity index (χ0v) is 11.0. The van der Waals surface area contributed by atoms with Crippen LogP contribution in [0.5, 0.6) is 0 Å². The van der Waals surface area contributed by atoms with Crippen LogP contribution in [0.2, 0.25) is 0 Å². The van der Waals surface area contributed by atoms with Gasteiger partial charge < -0.3 is 15.5 Å². The largest absolute Gasteiger partial charge is 0.394 e. The van der Waals surface area contributed by atoms with Crippen LogP contribution in [0.15, 0.2) is 18.3 Å². The van der Waals surface area contributed by atoms with E-state index in [1.165, 1.54) is 0 Å². The fourth-order valence-corrected chi connectivity index (χ4v) is 1.35. The van der Waals surface area contributed by atoms with Crippen molar-refractivity contribution in [2.45, 2.75) is 38.6 Å². The van der Waals surface area contributed by atoms with Gasteiger partial charge in [0.1, 0.15) is 5.82 Å². The van der Waals surface area contributed by atoms with Crippen molar-refractivity contribution in [2.75, 3.05) is 18.5 Å². The molecule has 3 N–H and O–H groups in total. The van der Waals surface area contributed by atoms with Crippen LogP contribution in [0.25, 0.3) is 0 Å². The molecular weight excluding hydrogens is 216 g/mol. The summed E-state index contributed by atoms with van der Waals surface area (Å²) in [6, 6.07) is 3.87. The summed E-state index contributed by atoms with van der Waals surface area (Å²) in [6.07, 6.45) is 1.82. The number of pyridine rings is 1. The van der Waals surface area contributed by atoms with E-state index in [1.807, 2.05) is 18.3 Å². The lowest BCUT2D eigenvalue weighted by molar-refractivity contribution is 0.147. The van der Waals surface area contributed by atoms with Crippen molar-refractivity contribution in [1.82, 2.24) is 4.98 Å². The number of nitrogens with one attached hydrogen (secondary N) is 1. The standard InChI is InChI=1S/C13H22N2O2/c1-12(2,3)10-5-6-11(14-7-10)15-13(4,8-16)9-17/h5-7,16-17H,8-9H2,1-4H3,(H,14,15). The highest BCUT2D eigenvalue weighted by atomic mass is 16.3. The number of aliphatic hydroxyl groups is 2. The van der Waals surface area contributed by atoms with E-state index in [4.69, 9.17) is 0 Å². The molecule has 1 rings (SSSR count). The van der Waals surface area contributed by atoms with Crippen molar-refractivity contribution in [3.8, 4) is 0 Å². The van der Waals surface area contributed by atoms with Crippen LogP contribution in [-0.2, 0) is 5.41 Å². The van der Waals surface area contributed by atoms with E-state index in [2.05, 4.69) is 31.1 Å². The van der Waals surface area contributed by atoms with Gasteiger partial charge >= 0.3 is 0 Å². The van der Waals surface area contributed by atoms with E-state index in [9.17, 15) is 10.2 Å². The molecule has 96 valence electrons. The van der Waals surface area contributed by atoms with Crippen LogP contribution in [-0.4, -0.2) is 33.9 Å². The van der Waals surface area contributed by atoms with Crippen LogP contribution in [0, 0.1) is 0 Å². The average molecular weight is 238 g/mol. The van der Waals surface area contributed by atoms with Gasteiger partial charge in [-0.15, -0.1) is 0 Å².